The quantitative estimate of drug-likeness (QED) is 0.520. The lowest BCUT2D eigenvalue weighted by atomic mass is 10.1. The van der Waals surface area contributed by atoms with E-state index in [0.717, 1.165) is 21.3 Å². The summed E-state index contributed by atoms with van der Waals surface area (Å²) in [7, 11) is 0. The first-order chi connectivity index (χ1) is 9.88. The van der Waals surface area contributed by atoms with E-state index in [1.54, 1.807) is 6.07 Å². The molecule has 1 aromatic heterocycles. The van der Waals surface area contributed by atoms with Crippen LogP contribution in [0.5, 0.6) is 0 Å². The van der Waals surface area contributed by atoms with Gasteiger partial charge in [0, 0.05) is 10.5 Å². The van der Waals surface area contributed by atoms with Crippen LogP contribution in [0.1, 0.15) is 11.1 Å². The molecule has 0 saturated carbocycles. The fourth-order valence-corrected chi connectivity index (χ4v) is 3.83. The lowest BCUT2D eigenvalue weighted by Gasteiger charge is -2.12. The number of aromatic amines is 1. The first-order valence-corrected chi connectivity index (χ1v) is 7.83. The Hall–Kier alpha value is -1.17. The van der Waals surface area contributed by atoms with Crippen LogP contribution in [0.25, 0.3) is 16.7 Å². The highest BCUT2D eigenvalue weighted by Gasteiger charge is 2.14. The number of halogens is 3. The van der Waals surface area contributed by atoms with Gasteiger partial charge in [0.05, 0.1) is 21.7 Å². The standard InChI is InChI=1S/C15H11BrClFN2S/c1-7-3-8(2)14(9(16)4-7)20-13-6-11(18)10(17)5-12(13)19-15(20)21/h3-6H,1-2H3,(H,19,21). The predicted molar refractivity (Wildman–Crippen MR) is 90.6 cm³/mol. The van der Waals surface area contributed by atoms with Crippen molar-refractivity contribution in [2.45, 2.75) is 13.8 Å². The van der Waals surface area contributed by atoms with Crippen LogP contribution < -0.4 is 0 Å². The summed E-state index contributed by atoms with van der Waals surface area (Å²) < 4.78 is 17.0. The molecule has 0 fully saturated rings. The number of rotatable bonds is 1. The van der Waals surface area contributed by atoms with Crippen molar-refractivity contribution < 1.29 is 4.39 Å². The van der Waals surface area contributed by atoms with Gasteiger partial charge >= 0.3 is 0 Å². The van der Waals surface area contributed by atoms with E-state index in [4.69, 9.17) is 23.8 Å². The van der Waals surface area contributed by atoms with E-state index in [2.05, 4.69) is 27.0 Å². The van der Waals surface area contributed by atoms with Crippen LogP contribution in [0.15, 0.2) is 28.7 Å². The molecule has 0 aliphatic rings. The van der Waals surface area contributed by atoms with Gasteiger partial charge in [0.25, 0.3) is 0 Å². The summed E-state index contributed by atoms with van der Waals surface area (Å²) in [6.45, 7) is 4.02. The van der Waals surface area contributed by atoms with Crippen molar-refractivity contribution in [1.29, 1.82) is 0 Å². The third-order valence-corrected chi connectivity index (χ3v) is 4.52. The van der Waals surface area contributed by atoms with Crippen molar-refractivity contribution in [2.75, 3.05) is 0 Å². The second kappa shape index (κ2) is 5.23. The Morgan fingerprint density at radius 2 is 1.95 bits per heavy atom. The molecule has 2 nitrogen and oxygen atoms in total. The zero-order valence-corrected chi connectivity index (χ0v) is 14.5. The molecule has 0 radical (unpaired) electrons. The number of hydrogen-bond donors (Lipinski definition) is 1. The highest BCUT2D eigenvalue weighted by atomic mass is 79.9. The van der Waals surface area contributed by atoms with Crippen molar-refractivity contribution in [1.82, 2.24) is 9.55 Å². The summed E-state index contributed by atoms with van der Waals surface area (Å²) >= 11 is 14.8. The van der Waals surface area contributed by atoms with Gasteiger partial charge in [-0.2, -0.15) is 0 Å². The topological polar surface area (TPSA) is 20.7 Å². The Bertz CT molecular complexity index is 906. The Morgan fingerprint density at radius 3 is 2.62 bits per heavy atom. The Labute approximate surface area is 139 Å². The molecule has 3 rings (SSSR count). The molecule has 0 aliphatic carbocycles. The number of H-pyrrole nitrogens is 1. The molecular formula is C15H11BrClFN2S. The molecule has 0 bridgehead atoms. The Kier molecular flexibility index (Phi) is 3.67. The van der Waals surface area contributed by atoms with Gasteiger partial charge in [-0.3, -0.25) is 4.57 Å². The molecule has 108 valence electrons. The average Bonchev–Trinajstić information content (AvgIpc) is 2.66. The molecule has 21 heavy (non-hydrogen) atoms. The van der Waals surface area contributed by atoms with Crippen LogP contribution in [0.4, 0.5) is 4.39 Å². The van der Waals surface area contributed by atoms with Crippen LogP contribution in [0, 0.1) is 24.4 Å². The molecule has 0 amide bonds. The minimum Gasteiger partial charge on any atom is -0.330 e. The SMILES string of the molecule is Cc1cc(C)c(-n2c(=S)[nH]c3cc(Cl)c(F)cc32)c(Br)c1. The number of aromatic nitrogens is 2. The minimum absolute atomic E-state index is 0.0746. The Morgan fingerprint density at radius 1 is 1.24 bits per heavy atom. The van der Waals surface area contributed by atoms with Crippen molar-refractivity contribution in [3.05, 3.63) is 55.5 Å². The van der Waals surface area contributed by atoms with Crippen LogP contribution in [-0.4, -0.2) is 9.55 Å². The summed E-state index contributed by atoms with van der Waals surface area (Å²) in [5.41, 5.74) is 4.46. The van der Waals surface area contributed by atoms with Gasteiger partial charge in [-0.25, -0.2) is 4.39 Å². The molecule has 0 unspecified atom stereocenters. The van der Waals surface area contributed by atoms with E-state index in [0.29, 0.717) is 15.8 Å². The van der Waals surface area contributed by atoms with E-state index < -0.39 is 5.82 Å². The normalized spacial score (nSPS) is 11.3. The van der Waals surface area contributed by atoms with E-state index in [1.807, 2.05) is 24.5 Å². The second-order valence-corrected chi connectivity index (χ2v) is 6.61. The highest BCUT2D eigenvalue weighted by Crippen LogP contribution is 2.31. The van der Waals surface area contributed by atoms with Crippen molar-refractivity contribution >= 4 is 50.8 Å². The van der Waals surface area contributed by atoms with Gasteiger partial charge in [-0.15, -0.1) is 0 Å². The van der Waals surface area contributed by atoms with Crippen molar-refractivity contribution in [3.63, 3.8) is 0 Å². The molecule has 6 heteroatoms. The van der Waals surface area contributed by atoms with Gasteiger partial charge in [0.1, 0.15) is 5.82 Å². The molecule has 1 N–H and O–H groups in total. The summed E-state index contributed by atoms with van der Waals surface area (Å²) in [4.78, 5) is 3.07. The fourth-order valence-electron chi connectivity index (χ4n) is 2.52. The summed E-state index contributed by atoms with van der Waals surface area (Å²) in [6, 6.07) is 7.02. The number of nitrogens with one attached hydrogen (secondary N) is 1. The highest BCUT2D eigenvalue weighted by molar-refractivity contribution is 9.10. The molecular weight excluding hydrogens is 375 g/mol. The monoisotopic (exact) mass is 384 g/mol. The fraction of sp³-hybridized carbons (Fsp3) is 0.133. The van der Waals surface area contributed by atoms with Gasteiger partial charge in [0.15, 0.2) is 4.77 Å². The summed E-state index contributed by atoms with van der Waals surface area (Å²) in [6.07, 6.45) is 0. The van der Waals surface area contributed by atoms with Gasteiger partial charge < -0.3 is 4.98 Å². The maximum Gasteiger partial charge on any atom is 0.182 e. The second-order valence-electron chi connectivity index (χ2n) is 4.96. The lowest BCUT2D eigenvalue weighted by molar-refractivity contribution is 0.629. The van der Waals surface area contributed by atoms with E-state index in [9.17, 15) is 4.39 Å². The largest absolute Gasteiger partial charge is 0.330 e. The van der Waals surface area contributed by atoms with Crippen LogP contribution in [0.3, 0.4) is 0 Å². The first-order valence-electron chi connectivity index (χ1n) is 6.25. The molecule has 0 atom stereocenters. The van der Waals surface area contributed by atoms with Crippen molar-refractivity contribution in [3.8, 4) is 5.69 Å². The molecule has 0 aliphatic heterocycles. The van der Waals surface area contributed by atoms with Crippen LogP contribution in [-0.2, 0) is 0 Å². The van der Waals surface area contributed by atoms with E-state index in [1.165, 1.54) is 6.07 Å². The smallest absolute Gasteiger partial charge is 0.182 e. The molecule has 2 aromatic carbocycles. The number of benzene rings is 2. The molecule has 3 aromatic rings. The van der Waals surface area contributed by atoms with E-state index in [-0.39, 0.29) is 5.02 Å². The number of imidazole rings is 1. The zero-order chi connectivity index (χ0) is 15.3. The maximum atomic E-state index is 13.8. The van der Waals surface area contributed by atoms with E-state index >= 15 is 0 Å². The van der Waals surface area contributed by atoms with Gasteiger partial charge in [-0.1, -0.05) is 17.7 Å². The maximum absolute atomic E-state index is 13.8. The van der Waals surface area contributed by atoms with Crippen LogP contribution in [0.2, 0.25) is 5.02 Å². The number of fused-ring (bicyclic) bond motifs is 1. The first kappa shape index (κ1) is 14.8. The van der Waals surface area contributed by atoms with Gasteiger partial charge in [0.2, 0.25) is 0 Å². The average molecular weight is 386 g/mol. The third-order valence-electron chi connectivity index (χ3n) is 3.35. The zero-order valence-electron chi connectivity index (χ0n) is 11.3. The number of hydrogen-bond acceptors (Lipinski definition) is 1. The Balaban J connectivity index is 2.44. The molecule has 0 saturated heterocycles. The van der Waals surface area contributed by atoms with Gasteiger partial charge in [-0.05, 0) is 65.3 Å². The van der Waals surface area contributed by atoms with Crippen LogP contribution >= 0.6 is 39.7 Å². The summed E-state index contributed by atoms with van der Waals surface area (Å²) in [5, 5.41) is 0.0746. The lowest BCUT2D eigenvalue weighted by Crippen LogP contribution is -1.99. The van der Waals surface area contributed by atoms with Crippen molar-refractivity contribution in [2.24, 2.45) is 0 Å². The number of aryl methyl sites for hydroxylation is 2. The molecule has 0 spiro atoms. The minimum atomic E-state index is -0.465. The molecule has 1 heterocycles. The predicted octanol–water partition coefficient (Wildman–Crippen LogP) is 5.86. The number of nitrogens with zero attached hydrogens (tertiary/aromatic N) is 1. The third kappa shape index (κ3) is 2.43. The summed E-state index contributed by atoms with van der Waals surface area (Å²) in [5.74, 6) is -0.465.